The van der Waals surface area contributed by atoms with E-state index in [9.17, 15) is 4.39 Å². The van der Waals surface area contributed by atoms with E-state index < -0.39 is 0 Å². The molecule has 0 saturated carbocycles. The lowest BCUT2D eigenvalue weighted by Gasteiger charge is -2.40. The highest BCUT2D eigenvalue weighted by Gasteiger charge is 2.32. The molecule has 2 aliphatic rings. The molecule has 168 valence electrons. The highest BCUT2D eigenvalue weighted by atomic mass is 35.5. The van der Waals surface area contributed by atoms with Gasteiger partial charge in [0.05, 0.1) is 24.4 Å². The molecule has 2 aliphatic heterocycles. The highest BCUT2D eigenvalue weighted by Crippen LogP contribution is 2.31. The molecule has 0 amide bonds. The standard InChI is InChI=1S/C23H26ClFN6O/c24-18-9-7-17(8-10-18)22(23-26-27-28-31(23)16-19-4-3-15-32-19)30-13-11-29(12-14-30)21-6-2-1-5-20(21)25/h1-2,5-10,19,22H,3-4,11-16H2/t19-,22-/m1/s1. The van der Waals surface area contributed by atoms with E-state index >= 15 is 0 Å². The van der Waals surface area contributed by atoms with Crippen molar-refractivity contribution in [3.05, 3.63) is 70.8 Å². The first kappa shape index (κ1) is 21.3. The molecule has 1 aromatic heterocycles. The van der Waals surface area contributed by atoms with Gasteiger partial charge in [-0.1, -0.05) is 35.9 Å². The number of hydrogen-bond donors (Lipinski definition) is 0. The molecule has 3 aromatic rings. The SMILES string of the molecule is Fc1ccccc1N1CCN([C@H](c2ccc(Cl)cc2)c2nnnn2C[C@H]2CCCO2)CC1. The summed E-state index contributed by atoms with van der Waals surface area (Å²) in [6.07, 6.45) is 2.23. The summed E-state index contributed by atoms with van der Waals surface area (Å²) in [6, 6.07) is 14.7. The van der Waals surface area contributed by atoms with Gasteiger partial charge in [-0.2, -0.15) is 0 Å². The topological polar surface area (TPSA) is 59.3 Å². The van der Waals surface area contributed by atoms with Gasteiger partial charge in [0.2, 0.25) is 0 Å². The predicted molar refractivity (Wildman–Crippen MR) is 120 cm³/mol. The first-order chi connectivity index (χ1) is 15.7. The van der Waals surface area contributed by atoms with Crippen LogP contribution in [0.15, 0.2) is 48.5 Å². The molecule has 0 spiro atoms. The second kappa shape index (κ2) is 9.52. The van der Waals surface area contributed by atoms with Crippen LogP contribution in [0, 0.1) is 5.82 Å². The third kappa shape index (κ3) is 4.48. The maximum absolute atomic E-state index is 14.3. The number of hydrogen-bond acceptors (Lipinski definition) is 6. The van der Waals surface area contributed by atoms with Crippen LogP contribution < -0.4 is 4.90 Å². The molecule has 0 N–H and O–H groups in total. The monoisotopic (exact) mass is 456 g/mol. The minimum atomic E-state index is -0.185. The first-order valence-corrected chi connectivity index (χ1v) is 11.4. The number of para-hydroxylation sites is 1. The van der Waals surface area contributed by atoms with Gasteiger partial charge in [-0.3, -0.25) is 4.90 Å². The van der Waals surface area contributed by atoms with Gasteiger partial charge in [-0.25, -0.2) is 9.07 Å². The molecule has 0 bridgehead atoms. The van der Waals surface area contributed by atoms with Crippen molar-refractivity contribution >= 4 is 17.3 Å². The van der Waals surface area contributed by atoms with Crippen molar-refractivity contribution in [3.8, 4) is 0 Å². The van der Waals surface area contributed by atoms with Gasteiger partial charge < -0.3 is 9.64 Å². The number of halogens is 2. The third-order valence-corrected chi connectivity index (χ3v) is 6.52. The van der Waals surface area contributed by atoms with Gasteiger partial charge in [0.15, 0.2) is 5.82 Å². The quantitative estimate of drug-likeness (QED) is 0.565. The van der Waals surface area contributed by atoms with E-state index in [1.54, 1.807) is 6.07 Å². The van der Waals surface area contributed by atoms with E-state index in [2.05, 4.69) is 25.3 Å². The number of aromatic nitrogens is 4. The molecular formula is C23H26ClFN6O. The van der Waals surface area contributed by atoms with Crippen LogP contribution in [-0.4, -0.2) is 64.0 Å². The molecule has 9 heteroatoms. The number of rotatable bonds is 6. The van der Waals surface area contributed by atoms with Crippen LogP contribution in [0.4, 0.5) is 10.1 Å². The zero-order valence-corrected chi connectivity index (χ0v) is 18.5. The lowest BCUT2D eigenvalue weighted by Crippen LogP contribution is -2.48. The van der Waals surface area contributed by atoms with E-state index in [-0.39, 0.29) is 18.0 Å². The van der Waals surface area contributed by atoms with E-state index in [0.29, 0.717) is 17.3 Å². The molecular weight excluding hydrogens is 431 g/mol. The van der Waals surface area contributed by atoms with Crippen molar-refractivity contribution in [1.29, 1.82) is 0 Å². The molecule has 7 nitrogen and oxygen atoms in total. The highest BCUT2D eigenvalue weighted by molar-refractivity contribution is 6.30. The molecule has 0 aliphatic carbocycles. The van der Waals surface area contributed by atoms with Gasteiger partial charge in [0, 0.05) is 37.8 Å². The number of piperazine rings is 1. The summed E-state index contributed by atoms with van der Waals surface area (Å²) in [5, 5.41) is 13.4. The molecule has 2 fully saturated rings. The molecule has 3 heterocycles. The summed E-state index contributed by atoms with van der Waals surface area (Å²) in [5.74, 6) is 0.609. The third-order valence-electron chi connectivity index (χ3n) is 6.26. The van der Waals surface area contributed by atoms with Gasteiger partial charge in [0.25, 0.3) is 0 Å². The smallest absolute Gasteiger partial charge is 0.173 e. The Kier molecular flexibility index (Phi) is 6.34. The average Bonchev–Trinajstić information content (AvgIpc) is 3.49. The molecule has 5 rings (SSSR count). The number of benzene rings is 2. The van der Waals surface area contributed by atoms with Crippen LogP contribution in [0.1, 0.15) is 30.3 Å². The van der Waals surface area contributed by atoms with Gasteiger partial charge in [0.1, 0.15) is 5.82 Å². The molecule has 32 heavy (non-hydrogen) atoms. The van der Waals surface area contributed by atoms with Crippen molar-refractivity contribution in [2.75, 3.05) is 37.7 Å². The lowest BCUT2D eigenvalue weighted by atomic mass is 10.0. The van der Waals surface area contributed by atoms with E-state index in [0.717, 1.165) is 57.0 Å². The minimum Gasteiger partial charge on any atom is -0.376 e. The van der Waals surface area contributed by atoms with Gasteiger partial charge >= 0.3 is 0 Å². The second-order valence-corrected chi connectivity index (χ2v) is 8.72. The van der Waals surface area contributed by atoms with Crippen LogP contribution in [-0.2, 0) is 11.3 Å². The fourth-order valence-corrected chi connectivity index (χ4v) is 4.74. The van der Waals surface area contributed by atoms with Crippen LogP contribution in [0.5, 0.6) is 0 Å². The zero-order valence-electron chi connectivity index (χ0n) is 17.8. The van der Waals surface area contributed by atoms with Crippen LogP contribution >= 0.6 is 11.6 Å². The Morgan fingerprint density at radius 3 is 2.56 bits per heavy atom. The van der Waals surface area contributed by atoms with Crippen molar-refractivity contribution in [3.63, 3.8) is 0 Å². The average molecular weight is 457 g/mol. The summed E-state index contributed by atoms with van der Waals surface area (Å²) < 4.78 is 22.0. The summed E-state index contributed by atoms with van der Waals surface area (Å²) in [5.41, 5.74) is 1.73. The fourth-order valence-electron chi connectivity index (χ4n) is 4.62. The van der Waals surface area contributed by atoms with Crippen LogP contribution in [0.3, 0.4) is 0 Å². The van der Waals surface area contributed by atoms with Gasteiger partial charge in [-0.15, -0.1) is 5.10 Å². The van der Waals surface area contributed by atoms with Crippen LogP contribution in [0.25, 0.3) is 0 Å². The van der Waals surface area contributed by atoms with Crippen molar-refractivity contribution in [2.45, 2.75) is 31.5 Å². The number of tetrazole rings is 1. The summed E-state index contributed by atoms with van der Waals surface area (Å²) in [4.78, 5) is 4.46. The van der Waals surface area contributed by atoms with Crippen molar-refractivity contribution < 1.29 is 9.13 Å². The second-order valence-electron chi connectivity index (χ2n) is 8.28. The Hall–Kier alpha value is -2.55. The Morgan fingerprint density at radius 2 is 1.84 bits per heavy atom. The Morgan fingerprint density at radius 1 is 1.06 bits per heavy atom. The Labute approximate surface area is 191 Å². The molecule has 2 atom stereocenters. The number of anilines is 1. The molecule has 2 aromatic carbocycles. The summed E-state index contributed by atoms with van der Waals surface area (Å²) >= 11 is 6.16. The zero-order chi connectivity index (χ0) is 21.9. The minimum absolute atomic E-state index is 0.119. The number of ether oxygens (including phenoxy) is 1. The van der Waals surface area contributed by atoms with Gasteiger partial charge in [-0.05, 0) is 53.1 Å². The first-order valence-electron chi connectivity index (χ1n) is 11.1. The normalized spacial score (nSPS) is 20.6. The molecule has 0 unspecified atom stereocenters. The lowest BCUT2D eigenvalue weighted by molar-refractivity contribution is 0.0906. The maximum Gasteiger partial charge on any atom is 0.173 e. The van der Waals surface area contributed by atoms with E-state index in [4.69, 9.17) is 16.3 Å². The summed E-state index contributed by atoms with van der Waals surface area (Å²) in [6.45, 7) is 4.39. The maximum atomic E-state index is 14.3. The summed E-state index contributed by atoms with van der Waals surface area (Å²) in [7, 11) is 0. The molecule has 0 radical (unpaired) electrons. The fraction of sp³-hybridized carbons (Fsp3) is 0.435. The predicted octanol–water partition coefficient (Wildman–Crippen LogP) is 3.56. The van der Waals surface area contributed by atoms with E-state index in [1.165, 1.54) is 6.07 Å². The Balaban J connectivity index is 1.40. The van der Waals surface area contributed by atoms with Crippen LogP contribution in [0.2, 0.25) is 5.02 Å². The van der Waals surface area contributed by atoms with Crippen molar-refractivity contribution in [1.82, 2.24) is 25.1 Å². The molecule has 2 saturated heterocycles. The van der Waals surface area contributed by atoms with E-state index in [1.807, 2.05) is 41.1 Å². The Bertz CT molecular complexity index is 1030. The van der Waals surface area contributed by atoms with Crippen molar-refractivity contribution in [2.24, 2.45) is 0 Å². The largest absolute Gasteiger partial charge is 0.376 e. The number of nitrogens with zero attached hydrogens (tertiary/aromatic N) is 6.